The van der Waals surface area contributed by atoms with Crippen LogP contribution in [0.4, 0.5) is 0 Å². The van der Waals surface area contributed by atoms with Gasteiger partial charge in [0, 0.05) is 32.5 Å². The third kappa shape index (κ3) is 4.31. The van der Waals surface area contributed by atoms with Gasteiger partial charge in [-0.15, -0.1) is 0 Å². The lowest BCUT2D eigenvalue weighted by atomic mass is 10.1. The van der Waals surface area contributed by atoms with Crippen molar-refractivity contribution in [1.29, 1.82) is 0 Å². The van der Waals surface area contributed by atoms with E-state index in [2.05, 4.69) is 72.8 Å². The zero-order valence-electron chi connectivity index (χ0n) is 27.0. The fourth-order valence-electron chi connectivity index (χ4n) is 7.29. The molecule has 0 spiro atoms. The van der Waals surface area contributed by atoms with Gasteiger partial charge in [-0.1, -0.05) is 97.1 Å². The molecule has 0 fully saturated rings. The van der Waals surface area contributed by atoms with Crippen LogP contribution in [0, 0.1) is 0 Å². The van der Waals surface area contributed by atoms with Crippen molar-refractivity contribution in [2.75, 3.05) is 0 Å². The van der Waals surface area contributed by atoms with Crippen LogP contribution in [0.3, 0.4) is 0 Å². The van der Waals surface area contributed by atoms with Crippen LogP contribution in [0.2, 0.25) is 0 Å². The smallest absolute Gasteiger partial charge is 0.167 e. The van der Waals surface area contributed by atoms with E-state index in [-0.39, 0.29) is 0 Å². The molecule has 7 nitrogen and oxygen atoms in total. The Kier molecular flexibility index (Phi) is 5.83. The lowest BCUT2D eigenvalue weighted by Gasteiger charge is -2.10. The van der Waals surface area contributed by atoms with Crippen molar-refractivity contribution in [3.8, 4) is 39.9 Å². The summed E-state index contributed by atoms with van der Waals surface area (Å²) in [7, 11) is 0. The van der Waals surface area contributed by atoms with Gasteiger partial charge in [0.2, 0.25) is 0 Å². The van der Waals surface area contributed by atoms with Crippen molar-refractivity contribution < 1.29 is 8.83 Å². The van der Waals surface area contributed by atoms with Gasteiger partial charge in [-0.3, -0.25) is 0 Å². The zero-order valence-corrected chi connectivity index (χ0v) is 27.0. The van der Waals surface area contributed by atoms with Gasteiger partial charge in [0.05, 0.1) is 28.5 Å². The summed E-state index contributed by atoms with van der Waals surface area (Å²) in [5.41, 5.74) is 7.41. The maximum absolute atomic E-state index is 6.45. The molecule has 7 aromatic carbocycles. The second-order valence-electron chi connectivity index (χ2n) is 12.7. The van der Waals surface area contributed by atoms with Crippen molar-refractivity contribution in [2.45, 2.75) is 0 Å². The van der Waals surface area contributed by atoms with Crippen molar-refractivity contribution in [3.05, 3.63) is 152 Å². The van der Waals surface area contributed by atoms with E-state index in [4.69, 9.17) is 28.9 Å². The first-order chi connectivity index (χ1) is 25.2. The zero-order chi connectivity index (χ0) is 33.5. The third-order valence-corrected chi connectivity index (χ3v) is 9.71. The van der Waals surface area contributed by atoms with E-state index in [9.17, 15) is 0 Å². The molecule has 4 aromatic heterocycles. The summed E-state index contributed by atoms with van der Waals surface area (Å²) in [6, 6.07) is 49.2. The fraction of sp³-hybridized carbons (Fsp3) is 0. The lowest BCUT2D eigenvalue weighted by Crippen LogP contribution is -2.02. The molecule has 51 heavy (non-hydrogen) atoms. The van der Waals surface area contributed by atoms with Crippen molar-refractivity contribution in [1.82, 2.24) is 24.7 Å². The molecule has 238 valence electrons. The molecule has 0 saturated heterocycles. The Morgan fingerprint density at radius 2 is 0.980 bits per heavy atom. The summed E-state index contributed by atoms with van der Waals surface area (Å²) in [6.45, 7) is 0. The number of rotatable bonds is 4. The molecule has 0 bridgehead atoms. The molecule has 0 unspecified atom stereocenters. The topological polar surface area (TPSA) is 82.8 Å². The second-order valence-corrected chi connectivity index (χ2v) is 12.7. The van der Waals surface area contributed by atoms with Gasteiger partial charge < -0.3 is 8.83 Å². The van der Waals surface area contributed by atoms with Gasteiger partial charge >= 0.3 is 0 Å². The molecule has 0 N–H and O–H groups in total. The van der Waals surface area contributed by atoms with Crippen LogP contribution in [0.15, 0.2) is 161 Å². The molecule has 4 heterocycles. The number of aromatic nitrogens is 5. The normalized spacial score (nSPS) is 11.9. The first-order valence-electron chi connectivity index (χ1n) is 16.8. The van der Waals surface area contributed by atoms with Crippen LogP contribution in [-0.2, 0) is 0 Å². The number of hydrogen-bond acceptors (Lipinski definition) is 6. The molecule has 11 rings (SSSR count). The summed E-state index contributed by atoms with van der Waals surface area (Å²) in [5, 5.41) is 12.3. The van der Waals surface area contributed by atoms with E-state index >= 15 is 0 Å². The highest BCUT2D eigenvalue weighted by Crippen LogP contribution is 2.38. The fourth-order valence-corrected chi connectivity index (χ4v) is 7.29. The molecule has 7 heteroatoms. The Bertz CT molecular complexity index is 3040. The minimum Gasteiger partial charge on any atom is -0.455 e. The molecule has 0 saturated carbocycles. The monoisotopic (exact) mass is 655 g/mol. The summed E-state index contributed by atoms with van der Waals surface area (Å²) >= 11 is 0. The molecular formula is C44H25N5O2. The molecular weight excluding hydrogens is 631 g/mol. The first-order valence-corrected chi connectivity index (χ1v) is 16.8. The highest BCUT2D eigenvalue weighted by atomic mass is 16.3. The van der Waals surface area contributed by atoms with Crippen LogP contribution in [0.25, 0.3) is 105 Å². The molecule has 0 atom stereocenters. The largest absolute Gasteiger partial charge is 0.455 e. The van der Waals surface area contributed by atoms with Gasteiger partial charge in [0.25, 0.3) is 0 Å². The number of hydrogen-bond donors (Lipinski definition) is 0. The minimum atomic E-state index is 0.509. The molecule has 0 aliphatic rings. The van der Waals surface area contributed by atoms with Crippen LogP contribution >= 0.6 is 0 Å². The number of benzene rings is 7. The predicted octanol–water partition coefficient (Wildman–Crippen LogP) is 11.2. The maximum Gasteiger partial charge on any atom is 0.167 e. The average molecular weight is 656 g/mol. The maximum atomic E-state index is 6.45. The molecule has 0 radical (unpaired) electrons. The highest BCUT2D eigenvalue weighted by Gasteiger charge is 2.20. The van der Waals surface area contributed by atoms with E-state index in [0.717, 1.165) is 82.5 Å². The van der Waals surface area contributed by atoms with Gasteiger partial charge in [0.1, 0.15) is 22.3 Å². The Hall–Kier alpha value is -7.12. The molecule has 11 aromatic rings. The lowest BCUT2D eigenvalue weighted by molar-refractivity contribution is 0.669. The average Bonchev–Trinajstić information content (AvgIpc) is 3.90. The highest BCUT2D eigenvalue weighted by molar-refractivity contribution is 6.10. The molecule has 0 amide bonds. The predicted molar refractivity (Wildman–Crippen MR) is 203 cm³/mol. The molecule has 0 aliphatic heterocycles. The minimum absolute atomic E-state index is 0.509. The van der Waals surface area contributed by atoms with E-state index < -0.39 is 0 Å². The van der Waals surface area contributed by atoms with Crippen LogP contribution < -0.4 is 0 Å². The van der Waals surface area contributed by atoms with Crippen molar-refractivity contribution in [3.63, 3.8) is 0 Å². The van der Waals surface area contributed by atoms with Gasteiger partial charge in [-0.05, 0) is 59.3 Å². The van der Waals surface area contributed by atoms with Crippen molar-refractivity contribution >= 4 is 65.6 Å². The summed E-state index contributed by atoms with van der Waals surface area (Å²) in [5.74, 6) is 1.54. The van der Waals surface area contributed by atoms with Crippen molar-refractivity contribution in [2.24, 2.45) is 0 Å². The van der Waals surface area contributed by atoms with E-state index in [0.29, 0.717) is 17.5 Å². The number of furan rings is 2. The quantitative estimate of drug-likeness (QED) is 0.188. The van der Waals surface area contributed by atoms with Gasteiger partial charge in [0.15, 0.2) is 17.5 Å². The number of fused-ring (bicyclic) bond motifs is 8. The Labute approximate surface area is 290 Å². The van der Waals surface area contributed by atoms with Gasteiger partial charge in [-0.25, -0.2) is 19.6 Å². The molecule has 0 aliphatic carbocycles. The third-order valence-electron chi connectivity index (χ3n) is 9.71. The summed E-state index contributed by atoms with van der Waals surface area (Å²) < 4.78 is 14.9. The Balaban J connectivity index is 1.14. The summed E-state index contributed by atoms with van der Waals surface area (Å²) in [4.78, 5) is 15.4. The van der Waals surface area contributed by atoms with Gasteiger partial charge in [-0.2, -0.15) is 5.10 Å². The SMILES string of the molecule is c1cc(-c2nc(-c3cccc4c3oc3ccccc34)nc(-c3cccc4c3oc3ccccc34)n2)cc(-n2ncc3cc4ccccc4cc32)c1. The number of nitrogens with zero attached hydrogens (tertiary/aromatic N) is 5. The van der Waals surface area contributed by atoms with E-state index in [1.165, 1.54) is 5.39 Å². The second kappa shape index (κ2) is 10.7. The van der Waals surface area contributed by atoms with Crippen LogP contribution in [-0.4, -0.2) is 24.7 Å². The summed E-state index contributed by atoms with van der Waals surface area (Å²) in [6.07, 6.45) is 1.91. The Morgan fingerprint density at radius 1 is 0.431 bits per heavy atom. The first kappa shape index (κ1) is 27.8. The standard InChI is InChI=1S/C44H25N5O2/c1-2-11-27-24-37-29(22-26(27)10-1)25-45-49(37)30-13-7-12-28(23-30)42-46-43(35-18-8-16-33-31-14-3-5-20-38(31)50-40(33)35)48-44(47-42)36-19-9-17-34-32-15-4-6-21-39(32)51-41(34)36/h1-25H. The Morgan fingerprint density at radius 3 is 1.65 bits per heavy atom. The number of para-hydroxylation sites is 4. The van der Waals surface area contributed by atoms with E-state index in [1.54, 1.807) is 0 Å². The van der Waals surface area contributed by atoms with Crippen LogP contribution in [0.1, 0.15) is 0 Å². The van der Waals surface area contributed by atoms with E-state index in [1.807, 2.05) is 83.7 Å². The van der Waals surface area contributed by atoms with Crippen LogP contribution in [0.5, 0.6) is 0 Å².